The van der Waals surface area contributed by atoms with E-state index < -0.39 is 0 Å². The third kappa shape index (κ3) is 1.03. The number of pyridine rings is 1. The lowest BCUT2D eigenvalue weighted by Crippen LogP contribution is -2.25. The normalized spacial score (nSPS) is 10.9. The smallest absolute Gasteiger partial charge is 0.232 e. The minimum Gasteiger partial charge on any atom is -0.232 e. The van der Waals surface area contributed by atoms with Crippen LogP contribution in [0.25, 0.3) is 16.3 Å². The van der Waals surface area contributed by atoms with Crippen LogP contribution in [-0.4, -0.2) is 10.1 Å². The third-order valence-electron chi connectivity index (χ3n) is 2.27. The van der Waals surface area contributed by atoms with Gasteiger partial charge >= 0.3 is 0 Å². The van der Waals surface area contributed by atoms with Crippen LogP contribution in [0.2, 0.25) is 0 Å². The Hall–Kier alpha value is -2.03. The summed E-state index contributed by atoms with van der Waals surface area (Å²) < 4.78 is 1.83. The Labute approximate surface area is 80.6 Å². The average Bonchev–Trinajstić information content (AvgIpc) is 2.26. The summed E-state index contributed by atoms with van der Waals surface area (Å²) in [6.45, 7) is 0. The summed E-state index contributed by atoms with van der Waals surface area (Å²) in [7, 11) is 0. The van der Waals surface area contributed by atoms with E-state index in [4.69, 9.17) is 0 Å². The maximum Gasteiger partial charge on any atom is 0.256 e. The molecule has 3 heteroatoms. The van der Waals surface area contributed by atoms with E-state index >= 15 is 0 Å². The lowest BCUT2D eigenvalue weighted by Gasteiger charge is -1.93. The summed E-state index contributed by atoms with van der Waals surface area (Å²) in [4.78, 5) is 3.99. The standard InChI is InChI=1S/C11H8N3/c1-2-4-10-7-14-11(5-9(10)3-1)6-12-8-13-14/h1-8H/q+1. The van der Waals surface area contributed by atoms with E-state index in [-0.39, 0.29) is 0 Å². The van der Waals surface area contributed by atoms with Crippen molar-refractivity contribution in [2.75, 3.05) is 0 Å². The van der Waals surface area contributed by atoms with Crippen molar-refractivity contribution in [3.05, 3.63) is 49.1 Å². The van der Waals surface area contributed by atoms with Gasteiger partial charge in [0.05, 0.1) is 0 Å². The minimum atomic E-state index is 1.01. The van der Waals surface area contributed by atoms with Gasteiger partial charge in [0.15, 0.2) is 6.33 Å². The lowest BCUT2D eigenvalue weighted by molar-refractivity contribution is -0.580. The molecule has 3 aromatic rings. The van der Waals surface area contributed by atoms with Crippen LogP contribution in [0.15, 0.2) is 49.1 Å². The zero-order chi connectivity index (χ0) is 9.38. The van der Waals surface area contributed by atoms with Crippen molar-refractivity contribution in [1.29, 1.82) is 0 Å². The quantitative estimate of drug-likeness (QED) is 0.388. The first-order valence-corrected chi connectivity index (χ1v) is 4.44. The number of fused-ring (bicyclic) bond motifs is 2. The fraction of sp³-hybridized carbons (Fsp3) is 0. The van der Waals surface area contributed by atoms with Crippen LogP contribution in [0, 0.1) is 0 Å². The SMILES string of the molecule is c1ccc2c[n+]3ncncc3cc2c1. The Kier molecular flexibility index (Phi) is 1.44. The molecule has 0 saturated carbocycles. The molecule has 0 aliphatic rings. The second-order valence-corrected chi connectivity index (χ2v) is 3.18. The van der Waals surface area contributed by atoms with E-state index in [1.54, 1.807) is 12.5 Å². The first-order valence-electron chi connectivity index (χ1n) is 4.44. The monoisotopic (exact) mass is 182 g/mol. The van der Waals surface area contributed by atoms with E-state index in [1.807, 2.05) is 22.8 Å². The van der Waals surface area contributed by atoms with Gasteiger partial charge in [0.1, 0.15) is 6.20 Å². The number of hydrogen-bond acceptors (Lipinski definition) is 2. The molecule has 0 radical (unpaired) electrons. The van der Waals surface area contributed by atoms with Gasteiger partial charge in [0.2, 0.25) is 6.20 Å². The summed E-state index contributed by atoms with van der Waals surface area (Å²) in [6, 6.07) is 10.3. The Bertz CT molecular complexity index is 499. The summed E-state index contributed by atoms with van der Waals surface area (Å²) in [5.74, 6) is 0. The summed E-state index contributed by atoms with van der Waals surface area (Å²) >= 11 is 0. The van der Waals surface area contributed by atoms with Crippen LogP contribution < -0.4 is 4.52 Å². The van der Waals surface area contributed by atoms with Crippen LogP contribution in [0.5, 0.6) is 0 Å². The highest BCUT2D eigenvalue weighted by Crippen LogP contribution is 2.11. The molecule has 0 fully saturated rings. The van der Waals surface area contributed by atoms with Crippen LogP contribution in [0.3, 0.4) is 0 Å². The average molecular weight is 182 g/mol. The molecule has 14 heavy (non-hydrogen) atoms. The zero-order valence-corrected chi connectivity index (χ0v) is 7.46. The van der Waals surface area contributed by atoms with Crippen molar-refractivity contribution in [1.82, 2.24) is 10.1 Å². The van der Waals surface area contributed by atoms with E-state index in [1.165, 1.54) is 10.8 Å². The molecule has 3 rings (SSSR count). The predicted molar refractivity (Wildman–Crippen MR) is 52.7 cm³/mol. The molecule has 0 N–H and O–H groups in total. The van der Waals surface area contributed by atoms with Crippen molar-refractivity contribution in [2.24, 2.45) is 0 Å². The molecule has 0 bridgehead atoms. The Balaban J connectivity index is 2.52. The number of benzene rings is 1. The fourth-order valence-electron chi connectivity index (χ4n) is 1.58. The van der Waals surface area contributed by atoms with Gasteiger partial charge in [-0.2, -0.15) is 0 Å². The molecule has 2 heterocycles. The molecule has 2 aromatic heterocycles. The van der Waals surface area contributed by atoms with E-state index in [0.717, 1.165) is 5.52 Å². The predicted octanol–water partition coefficient (Wildman–Crippen LogP) is 1.37. The van der Waals surface area contributed by atoms with Crippen molar-refractivity contribution < 1.29 is 4.52 Å². The van der Waals surface area contributed by atoms with Gasteiger partial charge in [-0.1, -0.05) is 18.2 Å². The number of hydrogen-bond donors (Lipinski definition) is 0. The van der Waals surface area contributed by atoms with Crippen LogP contribution >= 0.6 is 0 Å². The summed E-state index contributed by atoms with van der Waals surface area (Å²) in [5, 5.41) is 6.53. The molecule has 3 nitrogen and oxygen atoms in total. The Morgan fingerprint density at radius 1 is 1.07 bits per heavy atom. The highest BCUT2D eigenvalue weighted by Gasteiger charge is 2.04. The topological polar surface area (TPSA) is 29.9 Å². The van der Waals surface area contributed by atoms with Gasteiger partial charge in [0.25, 0.3) is 5.52 Å². The van der Waals surface area contributed by atoms with Crippen molar-refractivity contribution in [3.8, 4) is 0 Å². The van der Waals surface area contributed by atoms with Crippen LogP contribution in [-0.2, 0) is 0 Å². The highest BCUT2D eigenvalue weighted by atomic mass is 15.2. The van der Waals surface area contributed by atoms with Crippen molar-refractivity contribution >= 4 is 16.3 Å². The number of rotatable bonds is 0. The molecule has 66 valence electrons. The Morgan fingerprint density at radius 3 is 2.86 bits per heavy atom. The molecule has 0 aliphatic carbocycles. The lowest BCUT2D eigenvalue weighted by atomic mass is 10.2. The molecular weight excluding hydrogens is 174 g/mol. The molecular formula is C11H8N3+. The first kappa shape index (κ1) is 7.38. The van der Waals surface area contributed by atoms with Crippen molar-refractivity contribution in [2.45, 2.75) is 0 Å². The fourth-order valence-corrected chi connectivity index (χ4v) is 1.58. The number of nitrogens with zero attached hydrogens (tertiary/aromatic N) is 3. The van der Waals surface area contributed by atoms with Gasteiger partial charge < -0.3 is 0 Å². The van der Waals surface area contributed by atoms with Crippen LogP contribution in [0.1, 0.15) is 0 Å². The molecule has 0 saturated heterocycles. The minimum absolute atomic E-state index is 1.01. The second-order valence-electron chi connectivity index (χ2n) is 3.18. The summed E-state index contributed by atoms with van der Waals surface area (Å²) in [6.07, 6.45) is 5.35. The van der Waals surface area contributed by atoms with E-state index in [2.05, 4.69) is 28.3 Å². The molecule has 1 aromatic carbocycles. The third-order valence-corrected chi connectivity index (χ3v) is 2.27. The Morgan fingerprint density at radius 2 is 1.93 bits per heavy atom. The zero-order valence-electron chi connectivity index (χ0n) is 7.46. The molecule has 0 atom stereocenters. The largest absolute Gasteiger partial charge is 0.256 e. The number of aromatic nitrogens is 3. The van der Waals surface area contributed by atoms with Gasteiger partial charge in [-0.15, -0.1) is 0 Å². The van der Waals surface area contributed by atoms with Crippen LogP contribution in [0.4, 0.5) is 0 Å². The van der Waals surface area contributed by atoms with E-state index in [0.29, 0.717) is 0 Å². The first-order chi connectivity index (χ1) is 6.93. The maximum absolute atomic E-state index is 4.14. The second kappa shape index (κ2) is 2.73. The summed E-state index contributed by atoms with van der Waals surface area (Å²) in [5.41, 5.74) is 1.01. The van der Waals surface area contributed by atoms with Gasteiger partial charge in [-0.3, -0.25) is 0 Å². The highest BCUT2D eigenvalue weighted by molar-refractivity contribution is 5.83. The van der Waals surface area contributed by atoms with E-state index in [9.17, 15) is 0 Å². The van der Waals surface area contributed by atoms with Crippen molar-refractivity contribution in [3.63, 3.8) is 0 Å². The molecule has 0 spiro atoms. The van der Waals surface area contributed by atoms with Gasteiger partial charge in [-0.05, 0) is 16.0 Å². The maximum atomic E-state index is 4.14. The molecule has 0 aliphatic heterocycles. The molecule has 0 amide bonds. The molecule has 0 unspecified atom stereocenters. The van der Waals surface area contributed by atoms with Gasteiger partial charge in [-0.25, -0.2) is 4.98 Å². The van der Waals surface area contributed by atoms with Gasteiger partial charge in [0, 0.05) is 16.6 Å².